The summed E-state index contributed by atoms with van der Waals surface area (Å²) in [6, 6.07) is 0. The maximum Gasteiger partial charge on any atom is 0.0701 e. The average Bonchev–Trinajstić information content (AvgIpc) is 2.37. The molecular weight excluding hydrogens is 234 g/mol. The summed E-state index contributed by atoms with van der Waals surface area (Å²) >= 11 is 4.43. The smallest absolute Gasteiger partial charge is 0.0701 e. The standard InChI is InChI=1S/C13H27NO2S/c1-2-3-12(11-17)10-14-6-4-13(5-7-14)16-9-8-15/h12-13,15,17H,2-11H2,1H3. The number of ether oxygens (including phenoxy) is 1. The van der Waals surface area contributed by atoms with Crippen LogP contribution in [0.2, 0.25) is 0 Å². The Labute approximate surface area is 111 Å². The molecular formula is C13H27NO2S. The molecule has 0 bridgehead atoms. The predicted molar refractivity (Wildman–Crippen MR) is 74.8 cm³/mol. The van der Waals surface area contributed by atoms with Gasteiger partial charge < -0.3 is 14.7 Å². The van der Waals surface area contributed by atoms with Gasteiger partial charge in [-0.1, -0.05) is 13.3 Å². The molecule has 1 unspecified atom stereocenters. The Bertz CT molecular complexity index is 184. The van der Waals surface area contributed by atoms with Crippen LogP contribution in [0.5, 0.6) is 0 Å². The highest BCUT2D eigenvalue weighted by atomic mass is 32.1. The summed E-state index contributed by atoms with van der Waals surface area (Å²) in [7, 11) is 0. The first-order valence-corrected chi connectivity index (χ1v) is 7.49. The first kappa shape index (κ1) is 15.3. The molecule has 1 saturated heterocycles. The van der Waals surface area contributed by atoms with Gasteiger partial charge in [-0.3, -0.25) is 0 Å². The molecule has 0 radical (unpaired) electrons. The van der Waals surface area contributed by atoms with E-state index >= 15 is 0 Å². The van der Waals surface area contributed by atoms with Gasteiger partial charge in [0, 0.05) is 19.6 Å². The number of nitrogens with zero attached hydrogens (tertiary/aromatic N) is 1. The third kappa shape index (κ3) is 6.09. The molecule has 1 aliphatic heterocycles. The summed E-state index contributed by atoms with van der Waals surface area (Å²) in [4.78, 5) is 2.54. The minimum atomic E-state index is 0.137. The topological polar surface area (TPSA) is 32.7 Å². The molecule has 0 amide bonds. The van der Waals surface area contributed by atoms with E-state index in [9.17, 15) is 0 Å². The van der Waals surface area contributed by atoms with Crippen LogP contribution in [-0.2, 0) is 4.74 Å². The lowest BCUT2D eigenvalue weighted by atomic mass is 10.0. The van der Waals surface area contributed by atoms with Crippen molar-refractivity contribution in [1.29, 1.82) is 0 Å². The summed E-state index contributed by atoms with van der Waals surface area (Å²) < 4.78 is 5.57. The van der Waals surface area contributed by atoms with E-state index in [2.05, 4.69) is 24.5 Å². The number of likely N-dealkylation sites (tertiary alicyclic amines) is 1. The molecule has 0 aliphatic carbocycles. The fraction of sp³-hybridized carbons (Fsp3) is 1.00. The van der Waals surface area contributed by atoms with E-state index in [0.29, 0.717) is 12.7 Å². The summed E-state index contributed by atoms with van der Waals surface area (Å²) in [5, 5.41) is 8.71. The van der Waals surface area contributed by atoms with Crippen molar-refractivity contribution >= 4 is 12.6 Å². The Hall–Kier alpha value is 0.230. The molecule has 0 aromatic heterocycles. The minimum absolute atomic E-state index is 0.137. The summed E-state index contributed by atoms with van der Waals surface area (Å²) in [5.74, 6) is 1.73. The van der Waals surface area contributed by atoms with E-state index in [1.165, 1.54) is 19.4 Å². The number of aliphatic hydroxyl groups is 1. The molecule has 3 nitrogen and oxygen atoms in total. The van der Waals surface area contributed by atoms with Gasteiger partial charge >= 0.3 is 0 Å². The van der Waals surface area contributed by atoms with Crippen molar-refractivity contribution in [2.75, 3.05) is 38.6 Å². The van der Waals surface area contributed by atoms with Crippen molar-refractivity contribution < 1.29 is 9.84 Å². The highest BCUT2D eigenvalue weighted by molar-refractivity contribution is 7.80. The lowest BCUT2D eigenvalue weighted by molar-refractivity contribution is -0.00964. The van der Waals surface area contributed by atoms with Crippen molar-refractivity contribution in [2.24, 2.45) is 5.92 Å². The zero-order valence-corrected chi connectivity index (χ0v) is 11.9. The van der Waals surface area contributed by atoms with E-state index in [4.69, 9.17) is 9.84 Å². The van der Waals surface area contributed by atoms with Crippen molar-refractivity contribution in [1.82, 2.24) is 4.90 Å². The van der Waals surface area contributed by atoms with Crippen LogP contribution in [0.15, 0.2) is 0 Å². The van der Waals surface area contributed by atoms with Gasteiger partial charge in [0.2, 0.25) is 0 Å². The van der Waals surface area contributed by atoms with E-state index in [1.54, 1.807) is 0 Å². The largest absolute Gasteiger partial charge is 0.394 e. The van der Waals surface area contributed by atoms with Gasteiger partial charge in [-0.25, -0.2) is 0 Å². The van der Waals surface area contributed by atoms with Gasteiger partial charge in [0.15, 0.2) is 0 Å². The van der Waals surface area contributed by atoms with Crippen molar-refractivity contribution in [3.8, 4) is 0 Å². The molecule has 1 heterocycles. The monoisotopic (exact) mass is 261 g/mol. The van der Waals surface area contributed by atoms with E-state index < -0.39 is 0 Å². The zero-order chi connectivity index (χ0) is 12.5. The fourth-order valence-corrected chi connectivity index (χ4v) is 2.79. The molecule has 0 aromatic carbocycles. The number of hydrogen-bond donors (Lipinski definition) is 2. The van der Waals surface area contributed by atoms with Gasteiger partial charge in [-0.2, -0.15) is 12.6 Å². The third-order valence-electron chi connectivity index (χ3n) is 3.45. The van der Waals surface area contributed by atoms with Crippen LogP contribution >= 0.6 is 12.6 Å². The third-order valence-corrected chi connectivity index (χ3v) is 3.97. The van der Waals surface area contributed by atoms with Crippen LogP contribution in [0.1, 0.15) is 32.6 Å². The lowest BCUT2D eigenvalue weighted by Gasteiger charge is -2.33. The van der Waals surface area contributed by atoms with Gasteiger partial charge in [0.05, 0.1) is 19.3 Å². The number of hydrogen-bond acceptors (Lipinski definition) is 4. The molecule has 0 spiro atoms. The molecule has 0 aromatic rings. The fourth-order valence-electron chi connectivity index (χ4n) is 2.49. The van der Waals surface area contributed by atoms with Crippen molar-refractivity contribution in [3.05, 3.63) is 0 Å². The SMILES string of the molecule is CCCC(CS)CN1CCC(OCCO)CC1. The molecule has 1 atom stereocenters. The first-order valence-electron chi connectivity index (χ1n) is 6.85. The molecule has 1 aliphatic rings. The van der Waals surface area contributed by atoms with Gasteiger partial charge in [0.1, 0.15) is 0 Å². The highest BCUT2D eigenvalue weighted by Gasteiger charge is 2.21. The van der Waals surface area contributed by atoms with Crippen LogP contribution in [0.3, 0.4) is 0 Å². The van der Waals surface area contributed by atoms with Crippen LogP contribution in [0.25, 0.3) is 0 Å². The minimum Gasteiger partial charge on any atom is -0.394 e. The maximum absolute atomic E-state index is 8.71. The number of rotatable bonds is 8. The normalized spacial score (nSPS) is 20.6. The van der Waals surface area contributed by atoms with Gasteiger partial charge in [-0.05, 0) is 30.9 Å². The predicted octanol–water partition coefficient (Wildman–Crippen LogP) is 1.81. The summed E-state index contributed by atoms with van der Waals surface area (Å²) in [5.41, 5.74) is 0. The Morgan fingerprint density at radius 1 is 1.41 bits per heavy atom. The summed E-state index contributed by atoms with van der Waals surface area (Å²) in [6.45, 7) is 6.31. The van der Waals surface area contributed by atoms with Crippen LogP contribution < -0.4 is 0 Å². The molecule has 1 N–H and O–H groups in total. The molecule has 17 heavy (non-hydrogen) atoms. The lowest BCUT2D eigenvalue weighted by Crippen LogP contribution is -2.40. The van der Waals surface area contributed by atoms with Crippen LogP contribution in [0.4, 0.5) is 0 Å². The van der Waals surface area contributed by atoms with Crippen LogP contribution in [0, 0.1) is 5.92 Å². The Morgan fingerprint density at radius 2 is 2.12 bits per heavy atom. The Kier molecular flexibility index (Phi) is 8.27. The first-order chi connectivity index (χ1) is 8.30. The van der Waals surface area contributed by atoms with E-state index in [1.807, 2.05) is 0 Å². The summed E-state index contributed by atoms with van der Waals surface area (Å²) in [6.07, 6.45) is 5.10. The molecule has 4 heteroatoms. The van der Waals surface area contributed by atoms with E-state index in [0.717, 1.165) is 37.6 Å². The molecule has 1 rings (SSSR count). The average molecular weight is 261 g/mol. The second-order valence-corrected chi connectivity index (χ2v) is 5.30. The molecule has 1 fully saturated rings. The molecule has 102 valence electrons. The van der Waals surface area contributed by atoms with E-state index in [-0.39, 0.29) is 6.61 Å². The Morgan fingerprint density at radius 3 is 2.65 bits per heavy atom. The van der Waals surface area contributed by atoms with Crippen molar-refractivity contribution in [3.63, 3.8) is 0 Å². The zero-order valence-electron chi connectivity index (χ0n) is 11.0. The molecule has 0 saturated carbocycles. The second kappa shape index (κ2) is 9.20. The second-order valence-electron chi connectivity index (χ2n) is 4.93. The van der Waals surface area contributed by atoms with Gasteiger partial charge in [0.25, 0.3) is 0 Å². The number of piperidine rings is 1. The highest BCUT2D eigenvalue weighted by Crippen LogP contribution is 2.17. The maximum atomic E-state index is 8.71. The Balaban J connectivity index is 2.17. The van der Waals surface area contributed by atoms with Gasteiger partial charge in [-0.15, -0.1) is 0 Å². The quantitative estimate of drug-likeness (QED) is 0.654. The van der Waals surface area contributed by atoms with Crippen LogP contribution in [-0.4, -0.2) is 54.7 Å². The van der Waals surface area contributed by atoms with Crippen molar-refractivity contribution in [2.45, 2.75) is 38.7 Å². The number of thiol groups is 1. The number of aliphatic hydroxyl groups excluding tert-OH is 1.